The van der Waals surface area contributed by atoms with E-state index in [4.69, 9.17) is 28.2 Å². The molecule has 1 aliphatic heterocycles. The molecule has 8 nitrogen and oxygen atoms in total. The van der Waals surface area contributed by atoms with Crippen LogP contribution in [0.2, 0.25) is 5.02 Å². The SMILES string of the molecule is [2H]CCO[C@@H]1C[C@@H](C(N)=O)N(Cc2cc3c(Nc4cccc(Cl)c4F)ncnc3cc2OC)C1. The molecule has 2 heterocycles. The Morgan fingerprint density at radius 2 is 2.27 bits per heavy atom. The highest BCUT2D eigenvalue weighted by molar-refractivity contribution is 6.31. The van der Waals surface area contributed by atoms with Gasteiger partial charge in [0, 0.05) is 38.1 Å². The molecular weight excluding hydrogens is 449 g/mol. The van der Waals surface area contributed by atoms with E-state index in [1.807, 2.05) is 11.0 Å². The summed E-state index contributed by atoms with van der Waals surface area (Å²) in [4.78, 5) is 22.6. The smallest absolute Gasteiger partial charge is 0.234 e. The summed E-state index contributed by atoms with van der Waals surface area (Å²) in [7, 11) is 1.56. The first kappa shape index (κ1) is 21.8. The average Bonchev–Trinajstić information content (AvgIpc) is 3.23. The van der Waals surface area contributed by atoms with Gasteiger partial charge in [-0.1, -0.05) is 17.7 Å². The lowest BCUT2D eigenvalue weighted by molar-refractivity contribution is -0.122. The molecular formula is C23H25ClFN5O3. The van der Waals surface area contributed by atoms with E-state index >= 15 is 0 Å². The molecule has 3 N–H and O–H groups in total. The van der Waals surface area contributed by atoms with Crippen molar-refractivity contribution in [3.05, 3.63) is 53.1 Å². The number of nitrogens with two attached hydrogens (primary N) is 1. The molecule has 33 heavy (non-hydrogen) atoms. The molecule has 1 aliphatic rings. The van der Waals surface area contributed by atoms with Gasteiger partial charge in [-0.25, -0.2) is 14.4 Å². The molecule has 10 heteroatoms. The van der Waals surface area contributed by atoms with Crippen molar-refractivity contribution in [2.75, 3.05) is 25.6 Å². The lowest BCUT2D eigenvalue weighted by Crippen LogP contribution is -2.39. The molecule has 2 aromatic carbocycles. The van der Waals surface area contributed by atoms with E-state index in [2.05, 4.69) is 15.3 Å². The molecule has 1 amide bonds. The third-order valence-corrected chi connectivity index (χ3v) is 5.95. The zero-order valence-corrected chi connectivity index (χ0v) is 18.8. The van der Waals surface area contributed by atoms with E-state index in [1.165, 1.54) is 12.4 Å². The molecule has 0 radical (unpaired) electrons. The van der Waals surface area contributed by atoms with Crippen LogP contribution >= 0.6 is 11.6 Å². The summed E-state index contributed by atoms with van der Waals surface area (Å²) >= 11 is 5.91. The molecule has 1 saturated heterocycles. The molecule has 0 bridgehead atoms. The molecule has 1 aromatic heterocycles. The number of anilines is 2. The normalized spacial score (nSPS) is 18.9. The van der Waals surface area contributed by atoms with Crippen LogP contribution in [0.5, 0.6) is 5.75 Å². The van der Waals surface area contributed by atoms with Crippen molar-refractivity contribution in [3.63, 3.8) is 0 Å². The van der Waals surface area contributed by atoms with Gasteiger partial charge in [-0.2, -0.15) is 0 Å². The fraction of sp³-hybridized carbons (Fsp3) is 0.348. The summed E-state index contributed by atoms with van der Waals surface area (Å²) in [5, 5.41) is 3.64. The fourth-order valence-corrected chi connectivity index (χ4v) is 4.28. The number of halogens is 2. The summed E-state index contributed by atoms with van der Waals surface area (Å²) in [6.45, 7) is 1.32. The molecule has 3 aromatic rings. The predicted molar refractivity (Wildman–Crippen MR) is 124 cm³/mol. The Labute approximate surface area is 197 Å². The van der Waals surface area contributed by atoms with E-state index in [1.54, 1.807) is 25.3 Å². The van der Waals surface area contributed by atoms with E-state index in [9.17, 15) is 9.18 Å². The second-order valence-corrected chi connectivity index (χ2v) is 8.11. The summed E-state index contributed by atoms with van der Waals surface area (Å²) in [5.41, 5.74) is 7.22. The number of rotatable bonds is 8. The monoisotopic (exact) mass is 474 g/mol. The van der Waals surface area contributed by atoms with Crippen LogP contribution in [0.15, 0.2) is 36.7 Å². The number of carbonyl (C=O) groups is 1. The van der Waals surface area contributed by atoms with Gasteiger partial charge in [-0.3, -0.25) is 9.69 Å². The quantitative estimate of drug-likeness (QED) is 0.513. The fourth-order valence-electron chi connectivity index (χ4n) is 4.11. The largest absolute Gasteiger partial charge is 0.496 e. The summed E-state index contributed by atoms with van der Waals surface area (Å²) in [6.07, 6.45) is 1.67. The maximum absolute atomic E-state index is 14.5. The molecule has 0 spiro atoms. The van der Waals surface area contributed by atoms with Crippen molar-refractivity contribution >= 4 is 39.9 Å². The van der Waals surface area contributed by atoms with Crippen LogP contribution < -0.4 is 15.8 Å². The van der Waals surface area contributed by atoms with E-state index < -0.39 is 17.8 Å². The Hall–Kier alpha value is -3.01. The number of primary amides is 1. The highest BCUT2D eigenvalue weighted by atomic mass is 35.5. The minimum atomic E-state index is -0.579. The number of nitrogens with one attached hydrogen (secondary N) is 1. The van der Waals surface area contributed by atoms with Gasteiger partial charge < -0.3 is 20.5 Å². The molecule has 2 atom stereocenters. The second kappa shape index (κ2) is 9.86. The van der Waals surface area contributed by atoms with Crippen molar-refractivity contribution in [1.82, 2.24) is 14.9 Å². The Balaban J connectivity index is 1.68. The number of methoxy groups -OCH3 is 1. The number of aromatic nitrogens is 2. The Bertz CT molecular complexity index is 1200. The maximum atomic E-state index is 14.5. The van der Waals surface area contributed by atoms with Crippen LogP contribution in [0.25, 0.3) is 10.9 Å². The van der Waals surface area contributed by atoms with Crippen molar-refractivity contribution in [2.24, 2.45) is 5.73 Å². The third kappa shape index (κ3) is 4.85. The predicted octanol–water partition coefficient (Wildman–Crippen LogP) is 3.64. The number of benzene rings is 2. The second-order valence-electron chi connectivity index (χ2n) is 7.71. The number of amides is 1. The molecule has 4 rings (SSSR count). The summed E-state index contributed by atoms with van der Waals surface area (Å²) < 4.78 is 33.0. The first-order valence-corrected chi connectivity index (χ1v) is 10.8. The number of nitrogens with zero attached hydrogens (tertiary/aromatic N) is 3. The lowest BCUT2D eigenvalue weighted by atomic mass is 10.1. The highest BCUT2D eigenvalue weighted by Gasteiger charge is 2.36. The summed E-state index contributed by atoms with van der Waals surface area (Å²) in [5.74, 6) is -0.0203. The Morgan fingerprint density at radius 3 is 3.03 bits per heavy atom. The van der Waals surface area contributed by atoms with Crippen molar-refractivity contribution in [1.29, 1.82) is 0 Å². The zero-order valence-electron chi connectivity index (χ0n) is 19.1. The van der Waals surface area contributed by atoms with Gasteiger partial charge in [0.25, 0.3) is 0 Å². The minimum Gasteiger partial charge on any atom is -0.496 e. The Morgan fingerprint density at radius 1 is 1.42 bits per heavy atom. The van der Waals surface area contributed by atoms with E-state index in [0.29, 0.717) is 48.6 Å². The average molecular weight is 475 g/mol. The van der Waals surface area contributed by atoms with Gasteiger partial charge in [0.1, 0.15) is 17.9 Å². The number of ether oxygens (including phenoxy) is 2. The zero-order chi connectivity index (χ0) is 24.2. The van der Waals surface area contributed by atoms with Gasteiger partial charge in [-0.05, 0) is 31.5 Å². The molecule has 0 saturated carbocycles. The first-order chi connectivity index (χ1) is 16.4. The van der Waals surface area contributed by atoms with Gasteiger partial charge in [0.2, 0.25) is 5.91 Å². The number of fused-ring (bicyclic) bond motifs is 1. The molecule has 0 unspecified atom stereocenters. The van der Waals surface area contributed by atoms with Crippen LogP contribution in [-0.4, -0.2) is 53.2 Å². The van der Waals surface area contributed by atoms with Crippen LogP contribution in [-0.2, 0) is 16.1 Å². The van der Waals surface area contributed by atoms with Gasteiger partial charge in [-0.15, -0.1) is 0 Å². The van der Waals surface area contributed by atoms with Crippen LogP contribution in [0.4, 0.5) is 15.9 Å². The lowest BCUT2D eigenvalue weighted by Gasteiger charge is -2.23. The van der Waals surface area contributed by atoms with E-state index in [0.717, 1.165) is 5.56 Å². The maximum Gasteiger partial charge on any atom is 0.234 e. The standard InChI is InChI=1S/C23H25ClFN5O3/c1-3-33-14-8-19(22(26)31)30(11-14)10-13-7-15-18(9-20(13)32-2)27-12-28-23(15)29-17-6-4-5-16(24)21(17)25/h4-7,9,12,14,19H,3,8,10-11H2,1-2H3,(H2,26,31)(H,27,28,29)/t14-,19+/m1/s1/i1D. The molecule has 1 fully saturated rings. The van der Waals surface area contributed by atoms with Crippen LogP contribution in [0, 0.1) is 5.82 Å². The summed E-state index contributed by atoms with van der Waals surface area (Å²) in [6, 6.07) is 7.81. The molecule has 174 valence electrons. The number of carbonyl (C=O) groups excluding carboxylic acids is 1. The van der Waals surface area contributed by atoms with Gasteiger partial charge in [0.15, 0.2) is 5.82 Å². The van der Waals surface area contributed by atoms with Crippen molar-refractivity contribution in [2.45, 2.75) is 32.0 Å². The topological polar surface area (TPSA) is 103 Å². The number of hydrogen-bond acceptors (Lipinski definition) is 7. The number of hydrogen-bond donors (Lipinski definition) is 2. The van der Waals surface area contributed by atoms with Crippen molar-refractivity contribution < 1.29 is 20.0 Å². The van der Waals surface area contributed by atoms with Crippen molar-refractivity contribution in [3.8, 4) is 5.75 Å². The highest BCUT2D eigenvalue weighted by Crippen LogP contribution is 2.33. The first-order valence-electron chi connectivity index (χ1n) is 11.1. The third-order valence-electron chi connectivity index (χ3n) is 5.66. The van der Waals surface area contributed by atoms with Gasteiger partial charge in [0.05, 0.1) is 35.5 Å². The molecule has 0 aliphatic carbocycles. The van der Waals surface area contributed by atoms with E-state index in [-0.39, 0.29) is 23.7 Å². The van der Waals surface area contributed by atoms with Crippen LogP contribution in [0.3, 0.4) is 0 Å². The Kier molecular flexibility index (Phi) is 6.52. The van der Waals surface area contributed by atoms with Gasteiger partial charge >= 0.3 is 0 Å². The number of likely N-dealkylation sites (tertiary alicyclic amines) is 1. The van der Waals surface area contributed by atoms with Crippen LogP contribution in [0.1, 0.15) is 20.3 Å². The minimum absolute atomic E-state index is 0.000522.